The molecule has 0 aliphatic carbocycles. The van der Waals surface area contributed by atoms with Crippen LogP contribution in [-0.4, -0.2) is 20.6 Å². The smallest absolute Gasteiger partial charge is 0.0654 e. The maximum absolute atomic E-state index is 5.39. The van der Waals surface area contributed by atoms with Gasteiger partial charge in [0, 0.05) is 7.11 Å². The number of methoxy groups -OCH3 is 1. The molecule has 0 heterocycles. The highest BCUT2D eigenvalue weighted by molar-refractivity contribution is 6.08. The number of hydrogen-bond acceptors (Lipinski definition) is 1. The summed E-state index contributed by atoms with van der Waals surface area (Å²) in [6.07, 6.45) is 2.68. The average molecular weight is 126 g/mol. The molecule has 0 fully saturated rings. The maximum Gasteiger partial charge on any atom is 0.0654 e. The summed E-state index contributed by atoms with van der Waals surface area (Å²) in [7, 11) is 7.12. The normalized spacial score (nSPS) is 17.2. The standard InChI is InChI=1S/C7H15BO/c1-4-7(2,9-3)5-6-8/h4-6H2,1-3H3/t7-/m1/s1. The van der Waals surface area contributed by atoms with Gasteiger partial charge in [-0.15, -0.1) is 0 Å². The van der Waals surface area contributed by atoms with Crippen molar-refractivity contribution in [2.45, 2.75) is 38.6 Å². The Balaban J connectivity index is 3.62. The van der Waals surface area contributed by atoms with Gasteiger partial charge in [-0.1, -0.05) is 13.2 Å². The first-order chi connectivity index (χ1) is 4.18. The van der Waals surface area contributed by atoms with Crippen LogP contribution in [0.4, 0.5) is 0 Å². The van der Waals surface area contributed by atoms with E-state index in [-0.39, 0.29) is 5.60 Å². The van der Waals surface area contributed by atoms with Crippen LogP contribution < -0.4 is 0 Å². The fourth-order valence-corrected chi connectivity index (χ4v) is 0.729. The predicted octanol–water partition coefficient (Wildman–Crippen LogP) is 1.78. The molecule has 0 aliphatic heterocycles. The summed E-state index contributed by atoms with van der Waals surface area (Å²) in [5, 5.41) is 0. The van der Waals surface area contributed by atoms with Crippen molar-refractivity contribution in [3.8, 4) is 0 Å². The van der Waals surface area contributed by atoms with E-state index in [1.54, 1.807) is 7.11 Å². The molecular formula is C7H15BO. The Kier molecular flexibility index (Phi) is 3.95. The second-order valence-corrected chi connectivity index (χ2v) is 2.55. The number of rotatable bonds is 4. The van der Waals surface area contributed by atoms with Crippen LogP contribution in [0.1, 0.15) is 26.7 Å². The van der Waals surface area contributed by atoms with Gasteiger partial charge in [-0.25, -0.2) is 0 Å². The largest absolute Gasteiger partial charge is 0.379 e. The van der Waals surface area contributed by atoms with Gasteiger partial charge < -0.3 is 4.74 Å². The van der Waals surface area contributed by atoms with Gasteiger partial charge in [-0.2, -0.15) is 0 Å². The third-order valence-electron chi connectivity index (χ3n) is 1.91. The first kappa shape index (κ1) is 9.02. The topological polar surface area (TPSA) is 9.23 Å². The highest BCUT2D eigenvalue weighted by Gasteiger charge is 2.18. The highest BCUT2D eigenvalue weighted by Crippen LogP contribution is 2.19. The second-order valence-electron chi connectivity index (χ2n) is 2.55. The van der Waals surface area contributed by atoms with Gasteiger partial charge in [0.1, 0.15) is 0 Å². The Morgan fingerprint density at radius 1 is 1.56 bits per heavy atom. The fourth-order valence-electron chi connectivity index (χ4n) is 0.729. The van der Waals surface area contributed by atoms with Gasteiger partial charge in [0.15, 0.2) is 0 Å². The molecule has 2 heteroatoms. The van der Waals surface area contributed by atoms with Crippen LogP contribution in [0.25, 0.3) is 0 Å². The Morgan fingerprint density at radius 2 is 2.11 bits per heavy atom. The molecule has 0 N–H and O–H groups in total. The first-order valence-electron chi connectivity index (χ1n) is 3.43. The third-order valence-corrected chi connectivity index (χ3v) is 1.91. The zero-order chi connectivity index (χ0) is 7.33. The second kappa shape index (κ2) is 3.94. The molecule has 0 unspecified atom stereocenters. The predicted molar refractivity (Wildman–Crippen MR) is 40.9 cm³/mol. The Morgan fingerprint density at radius 3 is 2.22 bits per heavy atom. The number of hydrogen-bond donors (Lipinski definition) is 0. The lowest BCUT2D eigenvalue weighted by atomic mass is 9.89. The van der Waals surface area contributed by atoms with Crippen molar-refractivity contribution >= 4 is 7.85 Å². The summed E-state index contributed by atoms with van der Waals surface area (Å²) in [6.45, 7) is 4.19. The van der Waals surface area contributed by atoms with Crippen molar-refractivity contribution in [1.82, 2.24) is 0 Å². The van der Waals surface area contributed by atoms with E-state index >= 15 is 0 Å². The number of ether oxygens (including phenoxy) is 1. The molecule has 52 valence electrons. The lowest BCUT2D eigenvalue weighted by Crippen LogP contribution is -2.25. The summed E-state index contributed by atoms with van der Waals surface area (Å²) in [4.78, 5) is 0. The summed E-state index contributed by atoms with van der Waals surface area (Å²) < 4.78 is 5.25. The zero-order valence-electron chi connectivity index (χ0n) is 6.61. The lowest BCUT2D eigenvalue weighted by molar-refractivity contribution is -0.0000226. The minimum atomic E-state index is 0.00868. The van der Waals surface area contributed by atoms with E-state index in [4.69, 9.17) is 12.6 Å². The van der Waals surface area contributed by atoms with Crippen LogP contribution in [-0.2, 0) is 4.74 Å². The molecule has 1 nitrogen and oxygen atoms in total. The van der Waals surface area contributed by atoms with Crippen molar-refractivity contribution < 1.29 is 4.74 Å². The fraction of sp³-hybridized carbons (Fsp3) is 1.00. The molecule has 9 heavy (non-hydrogen) atoms. The molecule has 0 aromatic heterocycles. The molecule has 0 bridgehead atoms. The minimum absolute atomic E-state index is 0.00868. The molecule has 1 atom stereocenters. The maximum atomic E-state index is 5.39. The van der Waals surface area contributed by atoms with E-state index in [2.05, 4.69) is 13.8 Å². The van der Waals surface area contributed by atoms with Crippen molar-refractivity contribution in [1.29, 1.82) is 0 Å². The van der Waals surface area contributed by atoms with E-state index < -0.39 is 0 Å². The molecule has 0 spiro atoms. The van der Waals surface area contributed by atoms with Crippen molar-refractivity contribution in [3.05, 3.63) is 0 Å². The van der Waals surface area contributed by atoms with E-state index in [0.29, 0.717) is 6.32 Å². The van der Waals surface area contributed by atoms with Crippen molar-refractivity contribution in [2.75, 3.05) is 7.11 Å². The monoisotopic (exact) mass is 126 g/mol. The molecule has 0 aliphatic rings. The Bertz CT molecular complexity index is 69.3. The average Bonchev–Trinajstić information content (AvgIpc) is 1.89. The third kappa shape index (κ3) is 2.90. The zero-order valence-corrected chi connectivity index (χ0v) is 6.61. The van der Waals surface area contributed by atoms with E-state index in [0.717, 1.165) is 12.8 Å². The summed E-state index contributed by atoms with van der Waals surface area (Å²) in [6, 6.07) is 0. The molecule has 0 aromatic carbocycles. The van der Waals surface area contributed by atoms with Gasteiger partial charge in [-0.3, -0.25) is 0 Å². The van der Waals surface area contributed by atoms with Crippen LogP contribution in [0, 0.1) is 0 Å². The first-order valence-corrected chi connectivity index (χ1v) is 3.43. The Labute approximate surface area is 59.2 Å². The molecule has 0 aromatic rings. The van der Waals surface area contributed by atoms with Crippen LogP contribution in [0.2, 0.25) is 6.32 Å². The summed E-state index contributed by atoms with van der Waals surface area (Å²) in [5.74, 6) is 0. The summed E-state index contributed by atoms with van der Waals surface area (Å²) >= 11 is 0. The lowest BCUT2D eigenvalue weighted by Gasteiger charge is -2.25. The Hall–Kier alpha value is 0.0249. The van der Waals surface area contributed by atoms with E-state index in [9.17, 15) is 0 Å². The molecule has 0 saturated heterocycles. The molecule has 0 amide bonds. The molecule has 0 rings (SSSR count). The van der Waals surface area contributed by atoms with E-state index in [1.807, 2.05) is 0 Å². The molecular weight excluding hydrogens is 111 g/mol. The van der Waals surface area contributed by atoms with Crippen molar-refractivity contribution in [2.24, 2.45) is 0 Å². The minimum Gasteiger partial charge on any atom is -0.379 e. The SMILES string of the molecule is [B]CC[C@@](C)(CC)OC. The van der Waals surface area contributed by atoms with Gasteiger partial charge in [0.25, 0.3) is 0 Å². The van der Waals surface area contributed by atoms with Gasteiger partial charge in [0.2, 0.25) is 0 Å². The van der Waals surface area contributed by atoms with Gasteiger partial charge in [-0.05, 0) is 19.8 Å². The van der Waals surface area contributed by atoms with Gasteiger partial charge >= 0.3 is 0 Å². The highest BCUT2D eigenvalue weighted by atomic mass is 16.5. The summed E-state index contributed by atoms with van der Waals surface area (Å²) in [5.41, 5.74) is 0.00868. The molecule has 2 radical (unpaired) electrons. The quantitative estimate of drug-likeness (QED) is 0.521. The molecule has 0 saturated carbocycles. The van der Waals surface area contributed by atoms with E-state index in [1.165, 1.54) is 0 Å². The van der Waals surface area contributed by atoms with Crippen LogP contribution >= 0.6 is 0 Å². The van der Waals surface area contributed by atoms with Crippen LogP contribution in [0.5, 0.6) is 0 Å². The van der Waals surface area contributed by atoms with Gasteiger partial charge in [0.05, 0.1) is 13.4 Å². The van der Waals surface area contributed by atoms with Crippen LogP contribution in [0.15, 0.2) is 0 Å². The van der Waals surface area contributed by atoms with Crippen molar-refractivity contribution in [3.63, 3.8) is 0 Å². The van der Waals surface area contributed by atoms with Crippen LogP contribution in [0.3, 0.4) is 0 Å².